The van der Waals surface area contributed by atoms with Gasteiger partial charge in [-0.25, -0.2) is 0 Å². The molecule has 0 saturated heterocycles. The zero-order chi connectivity index (χ0) is 21.1. The molecule has 152 valence electrons. The summed E-state index contributed by atoms with van der Waals surface area (Å²) >= 11 is 0. The molecule has 0 amide bonds. The number of hydrogen-bond donors (Lipinski definition) is 1. The molecule has 0 aromatic heterocycles. The second-order valence-electron chi connectivity index (χ2n) is 4.67. The molecule has 0 aromatic carbocycles. The van der Waals surface area contributed by atoms with E-state index in [1.54, 1.807) is 0 Å². The van der Waals surface area contributed by atoms with Crippen LogP contribution in [0.1, 0.15) is 6.92 Å². The van der Waals surface area contributed by atoms with Crippen molar-refractivity contribution >= 4 is 0 Å². The second kappa shape index (κ2) is 5.70. The Kier molecular flexibility index (Phi) is 5.46. The van der Waals surface area contributed by atoms with E-state index in [9.17, 15) is 65.9 Å². The van der Waals surface area contributed by atoms with Crippen LogP contribution in [0.3, 0.4) is 0 Å². The lowest BCUT2D eigenvalue weighted by Crippen LogP contribution is -2.73. The van der Waals surface area contributed by atoms with E-state index < -0.39 is 47.8 Å². The van der Waals surface area contributed by atoms with E-state index in [1.165, 1.54) is 0 Å². The summed E-state index contributed by atoms with van der Waals surface area (Å²) in [5.41, 5.74) is 0. The Morgan fingerprint density at radius 1 is 0.480 bits per heavy atom. The Bertz CT molecular complexity index is 488. The zero-order valence-corrected chi connectivity index (χ0v) is 11.2. The number of alkyl halides is 15. The molecule has 0 heterocycles. The molecule has 16 heteroatoms. The van der Waals surface area contributed by atoms with E-state index in [4.69, 9.17) is 5.11 Å². The minimum Gasteiger partial charge on any atom is -0.387 e. The van der Waals surface area contributed by atoms with Crippen molar-refractivity contribution in [1.82, 2.24) is 0 Å². The van der Waals surface area contributed by atoms with E-state index >= 15 is 0 Å². The third kappa shape index (κ3) is 2.89. The molecular weight excluding hydrogens is 409 g/mol. The van der Waals surface area contributed by atoms with Crippen LogP contribution in [0.2, 0.25) is 0 Å². The third-order valence-electron chi connectivity index (χ3n) is 2.88. The fourth-order valence-electron chi connectivity index (χ4n) is 1.24. The van der Waals surface area contributed by atoms with Gasteiger partial charge in [0.05, 0.1) is 0 Å². The fraction of sp³-hybridized carbons (Fsp3) is 1.00. The molecule has 0 aliphatic heterocycles. The van der Waals surface area contributed by atoms with Gasteiger partial charge in [-0.15, -0.1) is 0 Å². The highest BCUT2D eigenvalue weighted by molar-refractivity contribution is 5.13. The summed E-state index contributed by atoms with van der Waals surface area (Å²) in [5, 5.41) is 8.21. The van der Waals surface area contributed by atoms with Gasteiger partial charge < -0.3 is 5.11 Å². The van der Waals surface area contributed by atoms with Crippen LogP contribution in [-0.2, 0) is 0 Å². The minimum atomic E-state index is -8.32. The summed E-state index contributed by atoms with van der Waals surface area (Å²) in [5.74, 6) is -47.0. The van der Waals surface area contributed by atoms with Crippen LogP contribution in [0.5, 0.6) is 0 Å². The van der Waals surface area contributed by atoms with E-state index in [-0.39, 0.29) is 6.92 Å². The summed E-state index contributed by atoms with van der Waals surface area (Å²) in [6.45, 7) is -0.384. The van der Waals surface area contributed by atoms with Crippen molar-refractivity contribution in [2.75, 3.05) is 0 Å². The highest BCUT2D eigenvalue weighted by Crippen LogP contribution is 2.62. The van der Waals surface area contributed by atoms with Crippen LogP contribution in [0.25, 0.3) is 0 Å². The van der Waals surface area contributed by atoms with Crippen molar-refractivity contribution in [2.45, 2.75) is 54.7 Å². The quantitative estimate of drug-likeness (QED) is 0.623. The van der Waals surface area contributed by atoms with Gasteiger partial charge in [0, 0.05) is 0 Å². The van der Waals surface area contributed by atoms with Crippen LogP contribution < -0.4 is 0 Å². The smallest absolute Gasteiger partial charge is 0.387 e. The maximum absolute atomic E-state index is 13.0. The highest BCUT2D eigenvalue weighted by atomic mass is 19.4. The van der Waals surface area contributed by atoms with Gasteiger partial charge in [0.25, 0.3) is 0 Å². The molecule has 1 nitrogen and oxygen atoms in total. The molecule has 0 aromatic rings. The molecule has 0 bridgehead atoms. The molecule has 25 heavy (non-hydrogen) atoms. The SMILES string of the molecule is CC(O)C(F)(F)C(F)(F)C(F)(F)C(F)(F)C(F)(F)C(F)(F)C(F)(F)F. The lowest BCUT2D eigenvalue weighted by molar-refractivity contribution is -0.455. The van der Waals surface area contributed by atoms with E-state index in [1.807, 2.05) is 0 Å². The first kappa shape index (κ1) is 23.9. The summed E-state index contributed by atoms with van der Waals surface area (Å²) in [6, 6.07) is 0. The number of halogens is 15. The molecule has 0 rings (SSSR count). The van der Waals surface area contributed by atoms with Gasteiger partial charge in [-0.3, -0.25) is 0 Å². The number of aliphatic hydroxyl groups is 1. The first-order valence-corrected chi connectivity index (χ1v) is 5.46. The van der Waals surface area contributed by atoms with Crippen LogP contribution in [0.4, 0.5) is 65.9 Å². The first-order valence-electron chi connectivity index (χ1n) is 5.46. The van der Waals surface area contributed by atoms with E-state index in [2.05, 4.69) is 0 Å². The lowest BCUT2D eigenvalue weighted by Gasteiger charge is -2.42. The molecule has 0 spiro atoms. The van der Waals surface area contributed by atoms with Gasteiger partial charge in [0.1, 0.15) is 6.10 Å². The third-order valence-corrected chi connectivity index (χ3v) is 2.88. The Hall–Kier alpha value is -1.09. The summed E-state index contributed by atoms with van der Waals surface area (Å²) < 4.78 is 189. The predicted octanol–water partition coefficient (Wildman–Crippen LogP) is 4.74. The molecule has 0 saturated carbocycles. The van der Waals surface area contributed by atoms with Gasteiger partial charge in [0.2, 0.25) is 0 Å². The van der Waals surface area contributed by atoms with Crippen molar-refractivity contribution in [3.63, 3.8) is 0 Å². The van der Waals surface area contributed by atoms with Crippen molar-refractivity contribution in [1.29, 1.82) is 0 Å². The summed E-state index contributed by atoms with van der Waals surface area (Å²) in [4.78, 5) is 0. The maximum Gasteiger partial charge on any atom is 0.460 e. The minimum absolute atomic E-state index is 0.384. The van der Waals surface area contributed by atoms with Crippen LogP contribution in [0.15, 0.2) is 0 Å². The zero-order valence-electron chi connectivity index (χ0n) is 11.2. The topological polar surface area (TPSA) is 20.2 Å². The normalized spacial score (nSPS) is 17.6. The second-order valence-corrected chi connectivity index (χ2v) is 4.67. The van der Waals surface area contributed by atoms with Gasteiger partial charge in [-0.1, -0.05) is 0 Å². The fourth-order valence-corrected chi connectivity index (χ4v) is 1.24. The largest absolute Gasteiger partial charge is 0.460 e. The van der Waals surface area contributed by atoms with Crippen molar-refractivity contribution in [3.8, 4) is 0 Å². The van der Waals surface area contributed by atoms with Gasteiger partial charge >= 0.3 is 41.7 Å². The molecule has 1 atom stereocenters. The summed E-state index contributed by atoms with van der Waals surface area (Å²) in [7, 11) is 0. The Morgan fingerprint density at radius 3 is 0.960 bits per heavy atom. The Balaban J connectivity index is 6.50. The average Bonchev–Trinajstić information content (AvgIpc) is 2.35. The molecule has 0 radical (unpaired) electrons. The molecule has 0 aliphatic rings. The monoisotopic (exact) mass is 414 g/mol. The standard InChI is InChI=1S/C9H5F15O/c1-2(25)3(10,11)4(12,13)5(14,15)6(16,17)7(18,19)8(20,21)9(22,23)24/h2,25H,1H3. The molecule has 0 aliphatic carbocycles. The number of hydrogen-bond acceptors (Lipinski definition) is 1. The average molecular weight is 414 g/mol. The summed E-state index contributed by atoms with van der Waals surface area (Å²) in [6.07, 6.45) is -11.5. The van der Waals surface area contributed by atoms with Crippen molar-refractivity contribution in [3.05, 3.63) is 0 Å². The van der Waals surface area contributed by atoms with Crippen LogP contribution in [-0.4, -0.2) is 52.9 Å². The highest BCUT2D eigenvalue weighted by Gasteiger charge is 2.93. The molecule has 1 unspecified atom stereocenters. The van der Waals surface area contributed by atoms with E-state index in [0.717, 1.165) is 0 Å². The van der Waals surface area contributed by atoms with Gasteiger partial charge in [0.15, 0.2) is 0 Å². The van der Waals surface area contributed by atoms with E-state index in [0.29, 0.717) is 0 Å². The Morgan fingerprint density at radius 2 is 0.720 bits per heavy atom. The Labute approximate surface area is 127 Å². The van der Waals surface area contributed by atoms with Gasteiger partial charge in [-0.2, -0.15) is 65.9 Å². The van der Waals surface area contributed by atoms with Crippen molar-refractivity contribution in [2.24, 2.45) is 0 Å². The molecular formula is C9H5F15O. The van der Waals surface area contributed by atoms with Crippen LogP contribution in [0, 0.1) is 0 Å². The first-order chi connectivity index (χ1) is 10.4. The molecule has 0 fully saturated rings. The maximum atomic E-state index is 13.0. The van der Waals surface area contributed by atoms with Crippen molar-refractivity contribution < 1.29 is 71.0 Å². The molecule has 1 N–H and O–H groups in total. The predicted molar refractivity (Wildman–Crippen MR) is 47.4 cm³/mol. The van der Waals surface area contributed by atoms with Crippen LogP contribution >= 0.6 is 0 Å². The number of rotatable bonds is 6. The lowest BCUT2D eigenvalue weighted by atomic mass is 9.89. The van der Waals surface area contributed by atoms with Gasteiger partial charge in [-0.05, 0) is 6.92 Å². The number of aliphatic hydroxyl groups excluding tert-OH is 1.